The highest BCUT2D eigenvalue weighted by atomic mass is 127. The Hall–Kier alpha value is -1.58. The summed E-state index contributed by atoms with van der Waals surface area (Å²) in [4.78, 5) is 20.5. The molecule has 0 bridgehead atoms. The minimum Gasteiger partial charge on any atom is -0.444 e. The van der Waals surface area contributed by atoms with Crippen LogP contribution in [0.15, 0.2) is 29.4 Å². The molecule has 7 nitrogen and oxygen atoms in total. The molecule has 1 aromatic heterocycles. The predicted molar refractivity (Wildman–Crippen MR) is 116 cm³/mol. The average molecular weight is 477 g/mol. The number of halogens is 1. The van der Waals surface area contributed by atoms with Crippen LogP contribution in [0.2, 0.25) is 0 Å². The van der Waals surface area contributed by atoms with Gasteiger partial charge in [-0.25, -0.2) is 4.79 Å². The number of hydrogen-bond acceptors (Lipinski definition) is 4. The van der Waals surface area contributed by atoms with Gasteiger partial charge in [-0.2, -0.15) is 0 Å². The molecule has 0 radical (unpaired) electrons. The third-order valence-electron chi connectivity index (χ3n) is 3.38. The number of ether oxygens (including phenoxy) is 1. The second kappa shape index (κ2) is 11.9. The molecule has 0 fully saturated rings. The van der Waals surface area contributed by atoms with Crippen LogP contribution in [0.25, 0.3) is 0 Å². The molecule has 26 heavy (non-hydrogen) atoms. The van der Waals surface area contributed by atoms with E-state index in [0.717, 1.165) is 12.1 Å². The van der Waals surface area contributed by atoms with Crippen molar-refractivity contribution in [3.63, 3.8) is 0 Å². The van der Waals surface area contributed by atoms with Crippen molar-refractivity contribution in [1.29, 1.82) is 0 Å². The molecular weight excluding hydrogens is 445 g/mol. The van der Waals surface area contributed by atoms with Crippen molar-refractivity contribution < 1.29 is 9.53 Å². The van der Waals surface area contributed by atoms with Crippen LogP contribution in [0.5, 0.6) is 0 Å². The van der Waals surface area contributed by atoms with Crippen LogP contribution in [-0.2, 0) is 11.2 Å². The number of guanidine groups is 1. The zero-order valence-corrected chi connectivity index (χ0v) is 18.6. The van der Waals surface area contributed by atoms with E-state index in [1.54, 1.807) is 6.20 Å². The number of nitrogens with one attached hydrogen (secondary N) is 2. The molecule has 1 rings (SSSR count). The first-order valence-electron chi connectivity index (χ1n) is 8.60. The van der Waals surface area contributed by atoms with Gasteiger partial charge < -0.3 is 21.1 Å². The van der Waals surface area contributed by atoms with E-state index in [4.69, 9.17) is 10.5 Å². The summed E-state index contributed by atoms with van der Waals surface area (Å²) in [5.74, 6) is 0.560. The van der Waals surface area contributed by atoms with E-state index in [1.165, 1.54) is 0 Å². The Morgan fingerprint density at radius 2 is 2.04 bits per heavy atom. The van der Waals surface area contributed by atoms with E-state index in [2.05, 4.69) is 20.6 Å². The number of carbonyl (C=O) groups is 1. The number of aromatic nitrogens is 1. The smallest absolute Gasteiger partial charge is 0.407 e. The molecule has 148 valence electrons. The van der Waals surface area contributed by atoms with Crippen LogP contribution in [0.4, 0.5) is 4.79 Å². The Labute approximate surface area is 173 Å². The van der Waals surface area contributed by atoms with Crippen LogP contribution in [-0.4, -0.2) is 41.8 Å². The Balaban J connectivity index is 0.00000625. The lowest BCUT2D eigenvalue weighted by molar-refractivity contribution is 0.0493. The minimum absolute atomic E-state index is 0. The number of alkyl carbamates (subject to hydrolysis) is 1. The summed E-state index contributed by atoms with van der Waals surface area (Å²) < 4.78 is 5.29. The van der Waals surface area contributed by atoms with Crippen molar-refractivity contribution in [3.05, 3.63) is 30.1 Å². The largest absolute Gasteiger partial charge is 0.444 e. The molecular formula is C18H32IN5O2. The second-order valence-electron chi connectivity index (χ2n) is 7.22. The summed E-state index contributed by atoms with van der Waals surface area (Å²) in [6, 6.07) is 5.66. The highest BCUT2D eigenvalue weighted by molar-refractivity contribution is 14.0. The molecule has 1 atom stereocenters. The lowest BCUT2D eigenvalue weighted by atomic mass is 10.1. The standard InChI is InChI=1S/C18H31N5O2.HI/c1-13(2)15(23-17(24)25-18(3,4)5)12-22-16(19)21-11-9-14-8-6-7-10-20-14;/h6-8,10,13,15H,9,11-12H2,1-5H3,(H,23,24)(H3,19,21,22);1H. The van der Waals surface area contributed by atoms with Gasteiger partial charge in [-0.15, -0.1) is 24.0 Å². The fraction of sp³-hybridized carbons (Fsp3) is 0.611. The van der Waals surface area contributed by atoms with Crippen molar-refractivity contribution in [2.24, 2.45) is 16.6 Å². The third-order valence-corrected chi connectivity index (χ3v) is 3.38. The minimum atomic E-state index is -0.527. The van der Waals surface area contributed by atoms with E-state index in [0.29, 0.717) is 19.0 Å². The fourth-order valence-corrected chi connectivity index (χ4v) is 2.00. The van der Waals surface area contributed by atoms with Gasteiger partial charge in [0.25, 0.3) is 0 Å². The van der Waals surface area contributed by atoms with Crippen LogP contribution < -0.4 is 16.4 Å². The summed E-state index contributed by atoms with van der Waals surface area (Å²) in [6.45, 7) is 10.6. The van der Waals surface area contributed by atoms with Gasteiger partial charge in [0.2, 0.25) is 0 Å². The molecule has 0 aromatic carbocycles. The Bertz CT molecular complexity index is 558. The quantitative estimate of drug-likeness (QED) is 0.319. The first-order chi connectivity index (χ1) is 11.7. The number of nitrogens with two attached hydrogens (primary N) is 1. The van der Waals surface area contributed by atoms with Crippen molar-refractivity contribution >= 4 is 36.0 Å². The van der Waals surface area contributed by atoms with Gasteiger partial charge in [-0.1, -0.05) is 19.9 Å². The average Bonchev–Trinajstić information content (AvgIpc) is 2.50. The van der Waals surface area contributed by atoms with Crippen molar-refractivity contribution in [1.82, 2.24) is 15.6 Å². The molecule has 0 aliphatic carbocycles. The number of amides is 1. The molecule has 4 N–H and O–H groups in total. The van der Waals surface area contributed by atoms with E-state index in [-0.39, 0.29) is 35.9 Å². The van der Waals surface area contributed by atoms with Gasteiger partial charge >= 0.3 is 6.09 Å². The lowest BCUT2D eigenvalue weighted by Gasteiger charge is -2.25. The monoisotopic (exact) mass is 477 g/mol. The maximum Gasteiger partial charge on any atom is 0.407 e. The number of pyridine rings is 1. The molecule has 0 saturated heterocycles. The van der Waals surface area contributed by atoms with E-state index in [9.17, 15) is 4.79 Å². The molecule has 0 saturated carbocycles. The summed E-state index contributed by atoms with van der Waals surface area (Å²) in [7, 11) is 0. The third kappa shape index (κ3) is 11.1. The number of nitrogens with zero attached hydrogens (tertiary/aromatic N) is 2. The maximum atomic E-state index is 11.9. The maximum absolute atomic E-state index is 11.9. The molecule has 1 amide bonds. The predicted octanol–water partition coefficient (Wildman–Crippen LogP) is 2.70. The molecule has 0 aliphatic rings. The van der Waals surface area contributed by atoms with Crippen molar-refractivity contribution in [3.8, 4) is 0 Å². The topological polar surface area (TPSA) is 102 Å². The number of hydrogen-bond donors (Lipinski definition) is 3. The van der Waals surface area contributed by atoms with Crippen molar-refractivity contribution in [2.75, 3.05) is 13.1 Å². The summed E-state index contributed by atoms with van der Waals surface area (Å²) >= 11 is 0. The zero-order valence-electron chi connectivity index (χ0n) is 16.3. The molecule has 8 heteroatoms. The lowest BCUT2D eigenvalue weighted by Crippen LogP contribution is -2.44. The Kier molecular flexibility index (Phi) is 11.2. The van der Waals surface area contributed by atoms with Gasteiger partial charge in [-0.05, 0) is 38.8 Å². The number of rotatable bonds is 7. The van der Waals surface area contributed by atoms with Gasteiger partial charge in [0, 0.05) is 24.9 Å². The van der Waals surface area contributed by atoms with Crippen LogP contribution in [0.3, 0.4) is 0 Å². The number of aliphatic imine (C=N–C) groups is 1. The van der Waals surface area contributed by atoms with Crippen LogP contribution >= 0.6 is 24.0 Å². The normalized spacial score (nSPS) is 12.9. The number of carbonyl (C=O) groups excluding carboxylic acids is 1. The molecule has 1 aromatic rings. The Morgan fingerprint density at radius 3 is 2.58 bits per heavy atom. The highest BCUT2D eigenvalue weighted by Gasteiger charge is 2.21. The highest BCUT2D eigenvalue weighted by Crippen LogP contribution is 2.09. The van der Waals surface area contributed by atoms with Crippen molar-refractivity contribution in [2.45, 2.75) is 52.7 Å². The second-order valence-corrected chi connectivity index (χ2v) is 7.22. The van der Waals surface area contributed by atoms with Crippen LogP contribution in [0.1, 0.15) is 40.3 Å². The summed E-state index contributed by atoms with van der Waals surface area (Å²) in [5.41, 5.74) is 6.36. The van der Waals surface area contributed by atoms with Gasteiger partial charge in [0.1, 0.15) is 5.60 Å². The van der Waals surface area contributed by atoms with E-state index >= 15 is 0 Å². The van der Waals surface area contributed by atoms with Crippen LogP contribution in [0, 0.1) is 5.92 Å². The van der Waals surface area contributed by atoms with Gasteiger partial charge in [0.05, 0.1) is 12.6 Å². The Morgan fingerprint density at radius 1 is 1.35 bits per heavy atom. The van der Waals surface area contributed by atoms with Gasteiger partial charge in [-0.3, -0.25) is 9.98 Å². The van der Waals surface area contributed by atoms with E-state index in [1.807, 2.05) is 52.8 Å². The molecule has 0 aliphatic heterocycles. The summed E-state index contributed by atoms with van der Waals surface area (Å²) in [5, 5.41) is 5.91. The SMILES string of the molecule is CC(C)C(CN=C(N)NCCc1ccccn1)NC(=O)OC(C)(C)C.I. The first-order valence-corrected chi connectivity index (χ1v) is 8.60. The summed E-state index contributed by atoms with van der Waals surface area (Å²) in [6.07, 6.45) is 2.09. The van der Waals surface area contributed by atoms with E-state index < -0.39 is 11.7 Å². The zero-order chi connectivity index (χ0) is 18.9. The van der Waals surface area contributed by atoms with Gasteiger partial charge in [0.15, 0.2) is 5.96 Å². The molecule has 1 heterocycles. The molecule has 1 unspecified atom stereocenters. The molecule has 0 spiro atoms. The fourth-order valence-electron chi connectivity index (χ4n) is 2.00. The first kappa shape index (κ1) is 24.4.